The highest BCUT2D eigenvalue weighted by atomic mass is 35.5. The number of carbonyl (C=O) groups is 2. The van der Waals surface area contributed by atoms with Gasteiger partial charge in [-0.3, -0.25) is 4.79 Å². The van der Waals surface area contributed by atoms with Crippen LogP contribution in [0.15, 0.2) is 78.9 Å². The van der Waals surface area contributed by atoms with Crippen molar-refractivity contribution in [2.45, 2.75) is 12.8 Å². The summed E-state index contributed by atoms with van der Waals surface area (Å²) in [4.78, 5) is 32.4. The highest BCUT2D eigenvalue weighted by Crippen LogP contribution is 2.28. The van der Waals surface area contributed by atoms with Crippen molar-refractivity contribution < 1.29 is 14.3 Å². The topological polar surface area (TPSA) is 59.5 Å². The monoisotopic (exact) mass is 456 g/mol. The first kappa shape index (κ1) is 21.2. The third-order valence-electron chi connectivity index (χ3n) is 5.81. The van der Waals surface area contributed by atoms with Crippen molar-refractivity contribution in [1.29, 1.82) is 0 Å². The first-order chi connectivity index (χ1) is 16.1. The molecule has 4 aromatic rings. The van der Waals surface area contributed by atoms with Crippen LogP contribution in [0.4, 0.5) is 5.69 Å². The number of aromatic nitrogens is 1. The van der Waals surface area contributed by atoms with Gasteiger partial charge in [0.1, 0.15) is 0 Å². The van der Waals surface area contributed by atoms with Crippen molar-refractivity contribution in [2.24, 2.45) is 0 Å². The average Bonchev–Trinajstić information content (AvgIpc) is 2.86. The lowest BCUT2D eigenvalue weighted by molar-refractivity contribution is -0.121. The summed E-state index contributed by atoms with van der Waals surface area (Å²) in [5.41, 5.74) is 4.54. The van der Waals surface area contributed by atoms with Crippen LogP contribution in [0.3, 0.4) is 0 Å². The minimum absolute atomic E-state index is 0.230. The fourth-order valence-electron chi connectivity index (χ4n) is 4.19. The predicted octanol–water partition coefficient (Wildman–Crippen LogP) is 5.69. The minimum atomic E-state index is -0.553. The lowest BCUT2D eigenvalue weighted by Gasteiger charge is -2.29. The fourth-order valence-corrected chi connectivity index (χ4v) is 4.31. The van der Waals surface area contributed by atoms with E-state index in [-0.39, 0.29) is 12.5 Å². The van der Waals surface area contributed by atoms with Crippen LogP contribution in [-0.4, -0.2) is 30.0 Å². The molecular weight excluding hydrogens is 436 g/mol. The van der Waals surface area contributed by atoms with E-state index in [0.29, 0.717) is 33.7 Å². The lowest BCUT2D eigenvalue weighted by Crippen LogP contribution is -2.38. The number of halogens is 1. The molecule has 0 saturated carbocycles. The molecule has 0 spiro atoms. The number of aryl methyl sites for hydroxylation is 1. The van der Waals surface area contributed by atoms with Gasteiger partial charge in [-0.15, -0.1) is 0 Å². The van der Waals surface area contributed by atoms with E-state index >= 15 is 0 Å². The van der Waals surface area contributed by atoms with Gasteiger partial charge < -0.3 is 9.64 Å². The van der Waals surface area contributed by atoms with Crippen molar-refractivity contribution in [3.05, 3.63) is 95.0 Å². The Bertz CT molecular complexity index is 1350. The molecule has 0 bridgehead atoms. The summed E-state index contributed by atoms with van der Waals surface area (Å²) in [5.74, 6) is -0.783. The molecule has 1 amide bonds. The molecule has 2 heterocycles. The molecule has 3 aromatic carbocycles. The van der Waals surface area contributed by atoms with Gasteiger partial charge in [0.15, 0.2) is 6.61 Å². The number of esters is 1. The molecule has 1 aromatic heterocycles. The Kier molecular flexibility index (Phi) is 5.80. The number of ether oxygens (including phenoxy) is 1. The summed E-state index contributed by atoms with van der Waals surface area (Å²) >= 11 is 6.01. The van der Waals surface area contributed by atoms with E-state index in [0.717, 1.165) is 29.7 Å². The molecule has 33 heavy (non-hydrogen) atoms. The minimum Gasteiger partial charge on any atom is -0.452 e. The average molecular weight is 457 g/mol. The maximum atomic E-state index is 13.1. The van der Waals surface area contributed by atoms with Crippen molar-refractivity contribution in [1.82, 2.24) is 4.98 Å². The molecule has 5 rings (SSSR count). The number of nitrogens with zero attached hydrogens (tertiary/aromatic N) is 2. The first-order valence-electron chi connectivity index (χ1n) is 10.8. The Labute approximate surface area is 196 Å². The normalized spacial score (nSPS) is 12.9. The largest absolute Gasteiger partial charge is 0.452 e. The fraction of sp³-hybridized carbons (Fsp3) is 0.148. The smallest absolute Gasteiger partial charge is 0.339 e. The summed E-state index contributed by atoms with van der Waals surface area (Å²) in [6.07, 6.45) is 1.83. The lowest BCUT2D eigenvalue weighted by atomic mass is 10.0. The molecule has 0 radical (unpaired) electrons. The summed E-state index contributed by atoms with van der Waals surface area (Å²) in [7, 11) is 0. The van der Waals surface area contributed by atoms with E-state index < -0.39 is 5.97 Å². The number of rotatable bonds is 4. The van der Waals surface area contributed by atoms with Gasteiger partial charge in [0, 0.05) is 28.2 Å². The molecule has 1 aliphatic heterocycles. The van der Waals surface area contributed by atoms with Gasteiger partial charge in [-0.2, -0.15) is 0 Å². The number of anilines is 1. The van der Waals surface area contributed by atoms with Crippen LogP contribution in [0, 0.1) is 0 Å². The third-order valence-corrected chi connectivity index (χ3v) is 6.07. The molecule has 164 valence electrons. The Morgan fingerprint density at radius 3 is 2.58 bits per heavy atom. The van der Waals surface area contributed by atoms with Crippen LogP contribution in [0.5, 0.6) is 0 Å². The molecule has 0 unspecified atom stereocenters. The standard InChI is InChI=1S/C27H21ClN2O3/c28-20-13-11-18(12-14-20)24-16-22(21-8-2-3-9-23(21)29-24)27(32)33-17-26(31)30-15-5-7-19-6-1-4-10-25(19)30/h1-4,6,8-14,16H,5,7,15,17H2. The summed E-state index contributed by atoms with van der Waals surface area (Å²) in [5, 5.41) is 1.30. The van der Waals surface area contributed by atoms with Gasteiger partial charge in [0.05, 0.1) is 16.8 Å². The Balaban J connectivity index is 1.40. The maximum absolute atomic E-state index is 13.1. The van der Waals surface area contributed by atoms with E-state index in [4.69, 9.17) is 16.3 Å². The van der Waals surface area contributed by atoms with E-state index in [2.05, 4.69) is 4.98 Å². The maximum Gasteiger partial charge on any atom is 0.339 e. The zero-order valence-corrected chi connectivity index (χ0v) is 18.6. The summed E-state index contributed by atoms with van der Waals surface area (Å²) in [6.45, 7) is 0.298. The summed E-state index contributed by atoms with van der Waals surface area (Å²) < 4.78 is 5.50. The van der Waals surface area contributed by atoms with E-state index in [1.165, 1.54) is 0 Å². The highest BCUT2D eigenvalue weighted by molar-refractivity contribution is 6.30. The molecule has 6 heteroatoms. The van der Waals surface area contributed by atoms with Crippen molar-refractivity contribution in [3.63, 3.8) is 0 Å². The molecule has 5 nitrogen and oxygen atoms in total. The number of amides is 1. The van der Waals surface area contributed by atoms with Crippen molar-refractivity contribution >= 4 is 40.1 Å². The molecule has 0 fully saturated rings. The van der Waals surface area contributed by atoms with Gasteiger partial charge in [-0.25, -0.2) is 9.78 Å². The SMILES string of the molecule is O=C(OCC(=O)N1CCCc2ccccc21)c1cc(-c2ccc(Cl)cc2)nc2ccccc12. The quantitative estimate of drug-likeness (QED) is 0.370. The van der Waals surface area contributed by atoms with Crippen LogP contribution in [0.25, 0.3) is 22.2 Å². The zero-order valence-electron chi connectivity index (χ0n) is 17.8. The van der Waals surface area contributed by atoms with Crippen LogP contribution in [0.1, 0.15) is 22.3 Å². The highest BCUT2D eigenvalue weighted by Gasteiger charge is 2.24. The first-order valence-corrected chi connectivity index (χ1v) is 11.2. The number of hydrogen-bond donors (Lipinski definition) is 0. The summed E-state index contributed by atoms with van der Waals surface area (Å²) in [6, 6.07) is 24.2. The second-order valence-corrected chi connectivity index (χ2v) is 8.37. The predicted molar refractivity (Wildman–Crippen MR) is 130 cm³/mol. The van der Waals surface area contributed by atoms with Crippen LogP contribution in [-0.2, 0) is 16.0 Å². The molecule has 0 N–H and O–H groups in total. The van der Waals surface area contributed by atoms with Gasteiger partial charge in [0.2, 0.25) is 0 Å². The van der Waals surface area contributed by atoms with Gasteiger partial charge >= 0.3 is 5.97 Å². The second kappa shape index (κ2) is 9.04. The molecule has 0 aliphatic carbocycles. The van der Waals surface area contributed by atoms with Gasteiger partial charge in [-0.1, -0.05) is 60.1 Å². The Morgan fingerprint density at radius 2 is 1.73 bits per heavy atom. The number of fused-ring (bicyclic) bond motifs is 2. The molecule has 1 aliphatic rings. The Hall–Kier alpha value is -3.70. The van der Waals surface area contributed by atoms with E-state index in [9.17, 15) is 9.59 Å². The van der Waals surface area contributed by atoms with Crippen molar-refractivity contribution in [2.75, 3.05) is 18.1 Å². The number of hydrogen-bond acceptors (Lipinski definition) is 4. The molecular formula is C27H21ClN2O3. The number of pyridine rings is 1. The number of carbonyl (C=O) groups excluding carboxylic acids is 2. The van der Waals surface area contributed by atoms with Gasteiger partial charge in [-0.05, 0) is 48.7 Å². The third kappa shape index (κ3) is 4.32. The van der Waals surface area contributed by atoms with Crippen LogP contribution in [0.2, 0.25) is 5.02 Å². The van der Waals surface area contributed by atoms with E-state index in [1.807, 2.05) is 60.7 Å². The van der Waals surface area contributed by atoms with E-state index in [1.54, 1.807) is 23.1 Å². The van der Waals surface area contributed by atoms with Gasteiger partial charge in [0.25, 0.3) is 5.91 Å². The van der Waals surface area contributed by atoms with Crippen molar-refractivity contribution in [3.8, 4) is 11.3 Å². The number of para-hydroxylation sites is 2. The zero-order chi connectivity index (χ0) is 22.8. The number of benzene rings is 3. The molecule has 0 atom stereocenters. The van der Waals surface area contributed by atoms with Crippen LogP contribution < -0.4 is 4.90 Å². The van der Waals surface area contributed by atoms with Crippen LogP contribution >= 0.6 is 11.6 Å². The Morgan fingerprint density at radius 1 is 0.970 bits per heavy atom. The molecule has 0 saturated heterocycles. The second-order valence-electron chi connectivity index (χ2n) is 7.93.